The summed E-state index contributed by atoms with van der Waals surface area (Å²) in [5, 5.41) is 3.52. The standard InChI is InChI=1S/C15H22N2O3/c1-19-15(18)14-5-4-13(20-14)10-16-11-6-8-17(9-7-11)12-2-3-12/h4-5,11-12,16H,2-3,6-10H2,1H3. The lowest BCUT2D eigenvalue weighted by molar-refractivity contribution is 0.0562. The van der Waals surface area contributed by atoms with Gasteiger partial charge >= 0.3 is 5.97 Å². The van der Waals surface area contributed by atoms with E-state index >= 15 is 0 Å². The van der Waals surface area contributed by atoms with Crippen LogP contribution in [-0.2, 0) is 11.3 Å². The molecule has 0 bridgehead atoms. The molecule has 1 aromatic heterocycles. The maximum atomic E-state index is 11.3. The van der Waals surface area contributed by atoms with Gasteiger partial charge in [-0.3, -0.25) is 0 Å². The number of carbonyl (C=O) groups is 1. The summed E-state index contributed by atoms with van der Waals surface area (Å²) in [6, 6.07) is 4.93. The number of methoxy groups -OCH3 is 1. The third-order valence-electron chi connectivity index (χ3n) is 4.21. The van der Waals surface area contributed by atoms with Crippen LogP contribution in [0.4, 0.5) is 0 Å². The lowest BCUT2D eigenvalue weighted by Gasteiger charge is -2.32. The van der Waals surface area contributed by atoms with E-state index in [1.54, 1.807) is 6.07 Å². The molecule has 0 atom stereocenters. The molecule has 0 spiro atoms. The van der Waals surface area contributed by atoms with E-state index in [0.717, 1.165) is 11.8 Å². The Morgan fingerprint density at radius 1 is 1.35 bits per heavy atom. The lowest BCUT2D eigenvalue weighted by atomic mass is 10.0. The summed E-state index contributed by atoms with van der Waals surface area (Å²) in [4.78, 5) is 13.9. The molecule has 1 aliphatic heterocycles. The minimum atomic E-state index is -0.422. The van der Waals surface area contributed by atoms with Crippen molar-refractivity contribution in [3.8, 4) is 0 Å². The van der Waals surface area contributed by atoms with E-state index in [9.17, 15) is 4.79 Å². The summed E-state index contributed by atoms with van der Waals surface area (Å²) in [6.45, 7) is 3.08. The van der Waals surface area contributed by atoms with Crippen LogP contribution in [0.1, 0.15) is 42.0 Å². The number of carbonyl (C=O) groups excluding carboxylic acids is 1. The number of rotatable bonds is 5. The Morgan fingerprint density at radius 3 is 2.75 bits per heavy atom. The van der Waals surface area contributed by atoms with E-state index in [0.29, 0.717) is 12.6 Å². The molecule has 0 amide bonds. The summed E-state index contributed by atoms with van der Waals surface area (Å²) in [6.07, 6.45) is 5.17. The third kappa shape index (κ3) is 3.22. The molecule has 1 saturated carbocycles. The number of hydrogen-bond donors (Lipinski definition) is 1. The van der Waals surface area contributed by atoms with Gasteiger partial charge in [-0.05, 0) is 50.9 Å². The Kier molecular flexibility index (Phi) is 4.08. The molecular weight excluding hydrogens is 256 g/mol. The van der Waals surface area contributed by atoms with Crippen molar-refractivity contribution in [1.82, 2.24) is 10.2 Å². The monoisotopic (exact) mass is 278 g/mol. The van der Waals surface area contributed by atoms with Crippen molar-refractivity contribution >= 4 is 5.97 Å². The highest BCUT2D eigenvalue weighted by atomic mass is 16.5. The number of piperidine rings is 1. The highest BCUT2D eigenvalue weighted by Gasteiger charge is 2.31. The Labute approximate surface area is 119 Å². The van der Waals surface area contributed by atoms with E-state index in [1.807, 2.05) is 6.07 Å². The highest BCUT2D eigenvalue weighted by Crippen LogP contribution is 2.29. The van der Waals surface area contributed by atoms with Crippen molar-refractivity contribution in [2.24, 2.45) is 0 Å². The molecule has 2 fully saturated rings. The molecule has 110 valence electrons. The first-order valence-electron chi connectivity index (χ1n) is 7.40. The molecule has 3 rings (SSSR count). The number of likely N-dealkylation sites (tertiary alicyclic amines) is 1. The minimum absolute atomic E-state index is 0.271. The summed E-state index contributed by atoms with van der Waals surface area (Å²) < 4.78 is 10.1. The molecular formula is C15H22N2O3. The van der Waals surface area contributed by atoms with Crippen LogP contribution in [0.3, 0.4) is 0 Å². The van der Waals surface area contributed by atoms with Crippen LogP contribution in [0.5, 0.6) is 0 Å². The molecule has 0 aromatic carbocycles. The average molecular weight is 278 g/mol. The highest BCUT2D eigenvalue weighted by molar-refractivity contribution is 5.86. The molecule has 1 aliphatic carbocycles. The smallest absolute Gasteiger partial charge is 0.373 e. The molecule has 2 aliphatic rings. The van der Waals surface area contributed by atoms with Crippen molar-refractivity contribution in [3.63, 3.8) is 0 Å². The largest absolute Gasteiger partial charge is 0.463 e. The van der Waals surface area contributed by atoms with Gasteiger partial charge in [-0.1, -0.05) is 0 Å². The lowest BCUT2D eigenvalue weighted by Crippen LogP contribution is -2.43. The first-order valence-corrected chi connectivity index (χ1v) is 7.40. The topological polar surface area (TPSA) is 54.7 Å². The summed E-state index contributed by atoms with van der Waals surface area (Å²) in [5.41, 5.74) is 0. The van der Waals surface area contributed by atoms with Gasteiger partial charge in [0.2, 0.25) is 5.76 Å². The van der Waals surface area contributed by atoms with Crippen LogP contribution in [0, 0.1) is 0 Å². The quantitative estimate of drug-likeness (QED) is 0.832. The predicted molar refractivity (Wildman–Crippen MR) is 74.5 cm³/mol. The second kappa shape index (κ2) is 5.97. The number of furan rings is 1. The normalized spacial score (nSPS) is 21.1. The summed E-state index contributed by atoms with van der Waals surface area (Å²) >= 11 is 0. The fraction of sp³-hybridized carbons (Fsp3) is 0.667. The van der Waals surface area contributed by atoms with Gasteiger partial charge in [0.1, 0.15) is 5.76 Å². The van der Waals surface area contributed by atoms with Gasteiger partial charge < -0.3 is 19.4 Å². The predicted octanol–water partition coefficient (Wildman–Crippen LogP) is 1.78. The molecule has 1 saturated heterocycles. The van der Waals surface area contributed by atoms with Crippen LogP contribution in [0.25, 0.3) is 0 Å². The molecule has 5 nitrogen and oxygen atoms in total. The van der Waals surface area contributed by atoms with Gasteiger partial charge in [-0.25, -0.2) is 4.79 Å². The zero-order valence-corrected chi connectivity index (χ0v) is 11.9. The maximum absolute atomic E-state index is 11.3. The number of esters is 1. The van der Waals surface area contributed by atoms with E-state index in [4.69, 9.17) is 4.42 Å². The van der Waals surface area contributed by atoms with Crippen LogP contribution < -0.4 is 5.32 Å². The summed E-state index contributed by atoms with van der Waals surface area (Å²) in [7, 11) is 1.36. The SMILES string of the molecule is COC(=O)c1ccc(CNC2CCN(C3CC3)CC2)o1. The first kappa shape index (κ1) is 13.6. The Bertz CT molecular complexity index is 459. The molecule has 20 heavy (non-hydrogen) atoms. The van der Waals surface area contributed by atoms with Gasteiger partial charge in [0, 0.05) is 12.1 Å². The van der Waals surface area contributed by atoms with Gasteiger partial charge in [-0.2, -0.15) is 0 Å². The second-order valence-corrected chi connectivity index (χ2v) is 5.68. The van der Waals surface area contributed by atoms with Crippen molar-refractivity contribution in [1.29, 1.82) is 0 Å². The minimum Gasteiger partial charge on any atom is -0.463 e. The number of ether oxygens (including phenoxy) is 1. The molecule has 1 N–H and O–H groups in total. The Morgan fingerprint density at radius 2 is 2.10 bits per heavy atom. The van der Waals surface area contributed by atoms with Gasteiger partial charge in [0.25, 0.3) is 0 Å². The third-order valence-corrected chi connectivity index (χ3v) is 4.21. The fourth-order valence-electron chi connectivity index (χ4n) is 2.84. The molecule has 5 heteroatoms. The number of nitrogens with zero attached hydrogens (tertiary/aromatic N) is 1. The van der Waals surface area contributed by atoms with Crippen molar-refractivity contribution in [3.05, 3.63) is 23.7 Å². The molecule has 2 heterocycles. The average Bonchev–Trinajstić information content (AvgIpc) is 3.23. The van der Waals surface area contributed by atoms with E-state index in [1.165, 1.54) is 45.9 Å². The number of nitrogens with one attached hydrogen (secondary N) is 1. The van der Waals surface area contributed by atoms with Crippen LogP contribution in [0.2, 0.25) is 0 Å². The molecule has 0 unspecified atom stereocenters. The van der Waals surface area contributed by atoms with Gasteiger partial charge in [0.05, 0.1) is 13.7 Å². The fourth-order valence-corrected chi connectivity index (χ4v) is 2.84. The van der Waals surface area contributed by atoms with Gasteiger partial charge in [-0.15, -0.1) is 0 Å². The van der Waals surface area contributed by atoms with Crippen molar-refractivity contribution in [2.75, 3.05) is 20.2 Å². The van der Waals surface area contributed by atoms with Crippen molar-refractivity contribution < 1.29 is 13.9 Å². The molecule has 1 aromatic rings. The van der Waals surface area contributed by atoms with E-state index < -0.39 is 5.97 Å². The van der Waals surface area contributed by atoms with Crippen LogP contribution >= 0.6 is 0 Å². The zero-order valence-electron chi connectivity index (χ0n) is 11.9. The zero-order chi connectivity index (χ0) is 13.9. The second-order valence-electron chi connectivity index (χ2n) is 5.68. The molecule has 0 radical (unpaired) electrons. The van der Waals surface area contributed by atoms with Crippen molar-refractivity contribution in [2.45, 2.75) is 44.3 Å². The Balaban J connectivity index is 1.43. The van der Waals surface area contributed by atoms with E-state index in [2.05, 4.69) is 15.0 Å². The number of hydrogen-bond acceptors (Lipinski definition) is 5. The van der Waals surface area contributed by atoms with Crippen LogP contribution in [-0.4, -0.2) is 43.2 Å². The van der Waals surface area contributed by atoms with Crippen LogP contribution in [0.15, 0.2) is 16.5 Å². The summed E-state index contributed by atoms with van der Waals surface area (Å²) in [5.74, 6) is 0.636. The maximum Gasteiger partial charge on any atom is 0.373 e. The Hall–Kier alpha value is -1.33. The first-order chi connectivity index (χ1) is 9.76. The van der Waals surface area contributed by atoms with Gasteiger partial charge in [0.15, 0.2) is 0 Å². The van der Waals surface area contributed by atoms with E-state index in [-0.39, 0.29) is 5.76 Å².